The van der Waals surface area contributed by atoms with E-state index in [0.29, 0.717) is 10.6 Å². The normalized spacial score (nSPS) is 13.4. The SMILES string of the molecule is Cc1ccc(OCC#CCNS(=O)(=O)c2ccc3c(c2)CCCC3)cn1. The average Bonchev–Trinajstić information content (AvgIpc) is 2.65. The minimum Gasteiger partial charge on any atom is -0.479 e. The van der Waals surface area contributed by atoms with E-state index in [1.165, 1.54) is 12.0 Å². The van der Waals surface area contributed by atoms with Gasteiger partial charge in [-0.05, 0) is 68.0 Å². The molecule has 26 heavy (non-hydrogen) atoms. The van der Waals surface area contributed by atoms with Gasteiger partial charge < -0.3 is 4.74 Å². The number of nitrogens with zero attached hydrogens (tertiary/aromatic N) is 1. The molecule has 0 saturated carbocycles. The molecule has 1 N–H and O–H groups in total. The van der Waals surface area contributed by atoms with Crippen LogP contribution >= 0.6 is 0 Å². The maximum absolute atomic E-state index is 12.4. The number of nitrogens with one attached hydrogen (secondary N) is 1. The average molecular weight is 370 g/mol. The molecule has 0 aliphatic heterocycles. The number of rotatable bonds is 5. The van der Waals surface area contributed by atoms with Crippen LogP contribution in [0.4, 0.5) is 0 Å². The Morgan fingerprint density at radius 3 is 2.69 bits per heavy atom. The number of hydrogen-bond donors (Lipinski definition) is 1. The van der Waals surface area contributed by atoms with E-state index in [1.54, 1.807) is 18.3 Å². The zero-order valence-electron chi connectivity index (χ0n) is 14.8. The highest BCUT2D eigenvalue weighted by Gasteiger charge is 2.16. The van der Waals surface area contributed by atoms with Crippen LogP contribution in [0.5, 0.6) is 5.75 Å². The van der Waals surface area contributed by atoms with Gasteiger partial charge in [0, 0.05) is 5.69 Å². The Bertz CT molecular complexity index is 926. The topological polar surface area (TPSA) is 68.3 Å². The molecular formula is C20H22N2O3S. The van der Waals surface area contributed by atoms with Gasteiger partial charge in [0.05, 0.1) is 17.6 Å². The van der Waals surface area contributed by atoms with Gasteiger partial charge in [0.15, 0.2) is 0 Å². The Balaban J connectivity index is 1.52. The van der Waals surface area contributed by atoms with Gasteiger partial charge in [-0.1, -0.05) is 17.9 Å². The monoisotopic (exact) mass is 370 g/mol. The summed E-state index contributed by atoms with van der Waals surface area (Å²) in [6.07, 6.45) is 5.91. The molecule has 2 aromatic rings. The third kappa shape index (κ3) is 4.84. The minimum absolute atomic E-state index is 0.0505. The first-order valence-corrected chi connectivity index (χ1v) is 10.2. The van der Waals surface area contributed by atoms with Crippen molar-refractivity contribution in [3.05, 3.63) is 53.3 Å². The summed E-state index contributed by atoms with van der Waals surface area (Å²) in [5, 5.41) is 0. The van der Waals surface area contributed by atoms with Crippen LogP contribution in [0.25, 0.3) is 0 Å². The third-order valence-corrected chi connectivity index (χ3v) is 5.70. The molecule has 1 heterocycles. The summed E-state index contributed by atoms with van der Waals surface area (Å²) in [6.45, 7) is 2.14. The standard InChI is InChI=1S/C20H22N2O3S/c1-16-8-10-19(15-21-16)25-13-5-4-12-22-26(23,24)20-11-9-17-6-2-3-7-18(17)14-20/h8-11,14-15,22H,2-3,6-7,12-13H2,1H3. The fourth-order valence-electron chi connectivity index (χ4n) is 2.86. The number of aryl methyl sites for hydroxylation is 3. The third-order valence-electron chi connectivity index (χ3n) is 4.30. The Hall–Kier alpha value is -2.36. The lowest BCUT2D eigenvalue weighted by molar-refractivity contribution is 0.368. The van der Waals surface area contributed by atoms with E-state index in [2.05, 4.69) is 21.5 Å². The number of ether oxygens (including phenoxy) is 1. The first kappa shape index (κ1) is 18.4. The maximum atomic E-state index is 12.4. The van der Waals surface area contributed by atoms with Crippen LogP contribution in [0.2, 0.25) is 0 Å². The van der Waals surface area contributed by atoms with Gasteiger partial charge in [-0.25, -0.2) is 8.42 Å². The number of hydrogen-bond acceptors (Lipinski definition) is 4. The lowest BCUT2D eigenvalue weighted by atomic mass is 9.92. The molecule has 0 bridgehead atoms. The molecule has 5 nitrogen and oxygen atoms in total. The van der Waals surface area contributed by atoms with Crippen molar-refractivity contribution in [3.63, 3.8) is 0 Å². The van der Waals surface area contributed by atoms with Gasteiger partial charge in [-0.15, -0.1) is 0 Å². The number of fused-ring (bicyclic) bond motifs is 1. The summed E-state index contributed by atoms with van der Waals surface area (Å²) < 4.78 is 32.7. The van der Waals surface area contributed by atoms with Crippen molar-refractivity contribution in [2.24, 2.45) is 0 Å². The van der Waals surface area contributed by atoms with Crippen molar-refractivity contribution in [2.45, 2.75) is 37.5 Å². The Kier molecular flexibility index (Phi) is 5.92. The molecule has 1 aromatic carbocycles. The maximum Gasteiger partial charge on any atom is 0.241 e. The van der Waals surface area contributed by atoms with E-state index in [-0.39, 0.29) is 13.2 Å². The first-order valence-electron chi connectivity index (χ1n) is 8.67. The van der Waals surface area contributed by atoms with Crippen LogP contribution in [0, 0.1) is 18.8 Å². The van der Waals surface area contributed by atoms with Gasteiger partial charge in [0.1, 0.15) is 12.4 Å². The van der Waals surface area contributed by atoms with Crippen LogP contribution in [0.1, 0.15) is 29.7 Å². The van der Waals surface area contributed by atoms with E-state index >= 15 is 0 Å². The van der Waals surface area contributed by atoms with E-state index in [4.69, 9.17) is 4.74 Å². The quantitative estimate of drug-likeness (QED) is 0.822. The lowest BCUT2D eigenvalue weighted by Crippen LogP contribution is -2.24. The van der Waals surface area contributed by atoms with Crippen LogP contribution in [-0.4, -0.2) is 26.6 Å². The second-order valence-electron chi connectivity index (χ2n) is 6.24. The molecular weight excluding hydrogens is 348 g/mol. The minimum atomic E-state index is -3.54. The van der Waals surface area contributed by atoms with Crippen LogP contribution in [-0.2, 0) is 22.9 Å². The summed E-state index contributed by atoms with van der Waals surface area (Å²) in [6, 6.07) is 9.07. The number of pyridine rings is 1. The first-order chi connectivity index (χ1) is 12.5. The van der Waals surface area contributed by atoms with Crippen molar-refractivity contribution >= 4 is 10.0 Å². The van der Waals surface area contributed by atoms with Crippen LogP contribution in [0.3, 0.4) is 0 Å². The molecule has 136 valence electrons. The number of benzene rings is 1. The van der Waals surface area contributed by atoms with Gasteiger partial charge in [0.25, 0.3) is 0 Å². The van der Waals surface area contributed by atoms with Gasteiger partial charge in [-0.2, -0.15) is 4.72 Å². The predicted octanol–water partition coefficient (Wildman–Crippen LogP) is 2.63. The van der Waals surface area contributed by atoms with Crippen molar-refractivity contribution in [2.75, 3.05) is 13.2 Å². The van der Waals surface area contributed by atoms with Gasteiger partial charge in [0.2, 0.25) is 10.0 Å². The molecule has 1 aliphatic rings. The van der Waals surface area contributed by atoms with E-state index in [0.717, 1.165) is 30.5 Å². The van der Waals surface area contributed by atoms with E-state index < -0.39 is 10.0 Å². The molecule has 1 aromatic heterocycles. The van der Waals surface area contributed by atoms with Crippen molar-refractivity contribution in [1.82, 2.24) is 9.71 Å². The zero-order chi connectivity index (χ0) is 18.4. The number of aromatic nitrogens is 1. The molecule has 6 heteroatoms. The Morgan fingerprint density at radius 1 is 1.12 bits per heavy atom. The molecule has 0 unspecified atom stereocenters. The van der Waals surface area contributed by atoms with Gasteiger partial charge >= 0.3 is 0 Å². The largest absolute Gasteiger partial charge is 0.479 e. The fraction of sp³-hybridized carbons (Fsp3) is 0.350. The molecule has 0 saturated heterocycles. The summed E-state index contributed by atoms with van der Waals surface area (Å²) in [5.41, 5.74) is 3.32. The second-order valence-corrected chi connectivity index (χ2v) is 8.01. The Morgan fingerprint density at radius 2 is 1.92 bits per heavy atom. The highest BCUT2D eigenvalue weighted by molar-refractivity contribution is 7.89. The zero-order valence-corrected chi connectivity index (χ0v) is 15.6. The summed E-state index contributed by atoms with van der Waals surface area (Å²) >= 11 is 0. The lowest BCUT2D eigenvalue weighted by Gasteiger charge is -2.16. The second kappa shape index (κ2) is 8.35. The summed E-state index contributed by atoms with van der Waals surface area (Å²) in [4.78, 5) is 4.43. The van der Waals surface area contributed by atoms with Crippen molar-refractivity contribution in [1.29, 1.82) is 0 Å². The van der Waals surface area contributed by atoms with Crippen LogP contribution < -0.4 is 9.46 Å². The summed E-state index contributed by atoms with van der Waals surface area (Å²) in [7, 11) is -3.54. The predicted molar refractivity (Wildman–Crippen MR) is 101 cm³/mol. The molecule has 0 fully saturated rings. The molecule has 0 atom stereocenters. The van der Waals surface area contributed by atoms with Gasteiger partial charge in [-0.3, -0.25) is 4.98 Å². The smallest absolute Gasteiger partial charge is 0.241 e. The van der Waals surface area contributed by atoms with Crippen molar-refractivity contribution < 1.29 is 13.2 Å². The molecule has 1 aliphatic carbocycles. The van der Waals surface area contributed by atoms with E-state index in [1.807, 2.05) is 25.1 Å². The fourth-order valence-corrected chi connectivity index (χ4v) is 3.84. The molecule has 0 amide bonds. The van der Waals surface area contributed by atoms with Crippen molar-refractivity contribution in [3.8, 4) is 17.6 Å². The van der Waals surface area contributed by atoms with Crippen LogP contribution in [0.15, 0.2) is 41.4 Å². The molecule has 0 spiro atoms. The molecule has 0 radical (unpaired) electrons. The highest BCUT2D eigenvalue weighted by Crippen LogP contribution is 2.23. The summed E-state index contributed by atoms with van der Waals surface area (Å²) in [5.74, 6) is 6.20. The van der Waals surface area contributed by atoms with E-state index in [9.17, 15) is 8.42 Å². The number of sulfonamides is 1. The highest BCUT2D eigenvalue weighted by atomic mass is 32.2. The molecule has 3 rings (SSSR count). The Labute approximate surface area is 154 Å².